The van der Waals surface area contributed by atoms with Crippen LogP contribution in [-0.4, -0.2) is 23.9 Å². The number of ketones is 1. The number of aryl methyl sites for hydroxylation is 2. The van der Waals surface area contributed by atoms with Crippen LogP contribution in [0.5, 0.6) is 0 Å². The fourth-order valence-corrected chi connectivity index (χ4v) is 2.78. The molecule has 0 amide bonds. The van der Waals surface area contributed by atoms with Crippen LogP contribution in [0.1, 0.15) is 22.0 Å². The van der Waals surface area contributed by atoms with E-state index < -0.39 is 0 Å². The second-order valence-electron chi connectivity index (χ2n) is 4.08. The maximum Gasteiger partial charge on any atom is 0.144 e. The molecule has 1 aliphatic rings. The molecule has 1 fully saturated rings. The summed E-state index contributed by atoms with van der Waals surface area (Å²) in [5.74, 6) is 0.559. The summed E-state index contributed by atoms with van der Waals surface area (Å²) in [7, 11) is 0. The summed E-state index contributed by atoms with van der Waals surface area (Å²) < 4.78 is 0. The fraction of sp³-hybridized carbons (Fsp3) is 0.636. The van der Waals surface area contributed by atoms with Gasteiger partial charge in [-0.05, 0) is 26.8 Å². The summed E-state index contributed by atoms with van der Waals surface area (Å²) >= 11 is 1.65. The Bertz CT molecular complexity index is 347. The van der Waals surface area contributed by atoms with E-state index in [0.29, 0.717) is 12.2 Å². The Labute approximate surface area is 93.9 Å². The average molecular weight is 224 g/mol. The molecule has 1 saturated heterocycles. The zero-order valence-electron chi connectivity index (χ0n) is 9.17. The molecule has 0 aromatic carbocycles. The van der Waals surface area contributed by atoms with Crippen molar-refractivity contribution in [2.24, 2.45) is 5.92 Å². The summed E-state index contributed by atoms with van der Waals surface area (Å²) in [6, 6.07) is 0. The van der Waals surface area contributed by atoms with Crippen LogP contribution in [0.25, 0.3) is 0 Å². The van der Waals surface area contributed by atoms with Gasteiger partial charge in [0.05, 0.1) is 12.1 Å². The second-order valence-corrected chi connectivity index (χ2v) is 5.37. The Hall–Kier alpha value is -0.740. The van der Waals surface area contributed by atoms with E-state index in [4.69, 9.17) is 0 Å². The molecule has 1 aromatic rings. The molecule has 1 atom stereocenters. The van der Waals surface area contributed by atoms with Gasteiger partial charge in [-0.25, -0.2) is 4.98 Å². The van der Waals surface area contributed by atoms with Crippen LogP contribution < -0.4 is 5.32 Å². The van der Waals surface area contributed by atoms with Gasteiger partial charge in [0.2, 0.25) is 0 Å². The van der Waals surface area contributed by atoms with E-state index in [1.54, 1.807) is 11.3 Å². The normalized spacial score (nSPS) is 20.8. The number of carbonyl (C=O) groups excluding carboxylic acids is 1. The monoisotopic (exact) mass is 224 g/mol. The van der Waals surface area contributed by atoms with E-state index >= 15 is 0 Å². The minimum Gasteiger partial charge on any atom is -0.316 e. The molecule has 0 saturated carbocycles. The lowest BCUT2D eigenvalue weighted by atomic mass is 10.0. The highest BCUT2D eigenvalue weighted by atomic mass is 32.1. The zero-order chi connectivity index (χ0) is 10.8. The number of nitrogens with zero attached hydrogens (tertiary/aromatic N) is 1. The van der Waals surface area contributed by atoms with Gasteiger partial charge >= 0.3 is 0 Å². The van der Waals surface area contributed by atoms with Crippen LogP contribution >= 0.6 is 11.3 Å². The first-order chi connectivity index (χ1) is 7.16. The number of hydrogen-bond acceptors (Lipinski definition) is 4. The van der Waals surface area contributed by atoms with E-state index in [0.717, 1.165) is 30.2 Å². The van der Waals surface area contributed by atoms with Crippen LogP contribution in [0.2, 0.25) is 0 Å². The van der Waals surface area contributed by atoms with Crippen molar-refractivity contribution in [1.82, 2.24) is 10.3 Å². The van der Waals surface area contributed by atoms with E-state index in [2.05, 4.69) is 17.2 Å². The highest BCUT2D eigenvalue weighted by molar-refractivity contribution is 7.11. The van der Waals surface area contributed by atoms with Crippen molar-refractivity contribution >= 4 is 17.1 Å². The molecular weight excluding hydrogens is 208 g/mol. The number of hydrogen-bond donors (Lipinski definition) is 1. The SMILES string of the molecule is Cc1nc(CC(=O)C2CCNC2)sc1C. The van der Waals surface area contributed by atoms with Crippen molar-refractivity contribution in [3.8, 4) is 0 Å². The molecule has 2 heterocycles. The van der Waals surface area contributed by atoms with Crippen molar-refractivity contribution in [2.45, 2.75) is 26.7 Å². The molecule has 0 aliphatic carbocycles. The van der Waals surface area contributed by atoms with Gasteiger partial charge in [0.25, 0.3) is 0 Å². The fourth-order valence-electron chi connectivity index (χ4n) is 1.84. The molecule has 3 nitrogen and oxygen atoms in total. The molecule has 0 bridgehead atoms. The number of rotatable bonds is 3. The van der Waals surface area contributed by atoms with Crippen LogP contribution in [0.15, 0.2) is 0 Å². The number of thiazole rings is 1. The van der Waals surface area contributed by atoms with E-state index in [9.17, 15) is 4.79 Å². The molecule has 1 aliphatic heterocycles. The van der Waals surface area contributed by atoms with Gasteiger partial charge in [0, 0.05) is 17.3 Å². The molecule has 4 heteroatoms. The summed E-state index contributed by atoms with van der Waals surface area (Å²) in [4.78, 5) is 17.5. The van der Waals surface area contributed by atoms with Gasteiger partial charge in [0.15, 0.2) is 0 Å². The highest BCUT2D eigenvalue weighted by Crippen LogP contribution is 2.19. The molecule has 2 rings (SSSR count). The summed E-state index contributed by atoms with van der Waals surface area (Å²) in [6.45, 7) is 5.88. The minimum absolute atomic E-state index is 0.217. The van der Waals surface area contributed by atoms with Gasteiger partial charge < -0.3 is 5.32 Å². The quantitative estimate of drug-likeness (QED) is 0.845. The largest absolute Gasteiger partial charge is 0.316 e. The Morgan fingerprint density at radius 3 is 2.93 bits per heavy atom. The number of Topliss-reactive ketones (excluding diaryl/α,β-unsaturated/α-hetero) is 1. The Kier molecular flexibility index (Phi) is 3.17. The second kappa shape index (κ2) is 4.41. The third kappa shape index (κ3) is 2.44. The van der Waals surface area contributed by atoms with Crippen molar-refractivity contribution < 1.29 is 4.79 Å². The van der Waals surface area contributed by atoms with Gasteiger partial charge in [-0.1, -0.05) is 0 Å². The van der Waals surface area contributed by atoms with Crippen molar-refractivity contribution in [3.63, 3.8) is 0 Å². The topological polar surface area (TPSA) is 42.0 Å². The standard InChI is InChI=1S/C11H16N2OS/c1-7-8(2)15-11(13-7)5-10(14)9-3-4-12-6-9/h9,12H,3-6H2,1-2H3. The lowest BCUT2D eigenvalue weighted by molar-refractivity contribution is -0.121. The first-order valence-corrected chi connectivity index (χ1v) is 6.15. The smallest absolute Gasteiger partial charge is 0.144 e. The number of aromatic nitrogens is 1. The van der Waals surface area contributed by atoms with E-state index in [1.807, 2.05) is 6.92 Å². The zero-order valence-corrected chi connectivity index (χ0v) is 9.99. The van der Waals surface area contributed by atoms with Gasteiger partial charge in [0.1, 0.15) is 10.8 Å². The molecule has 0 radical (unpaired) electrons. The van der Waals surface area contributed by atoms with Crippen LogP contribution in [0.3, 0.4) is 0 Å². The Morgan fingerprint density at radius 2 is 2.40 bits per heavy atom. The van der Waals surface area contributed by atoms with E-state index in [-0.39, 0.29) is 5.92 Å². The highest BCUT2D eigenvalue weighted by Gasteiger charge is 2.23. The number of carbonyl (C=O) groups is 1. The van der Waals surface area contributed by atoms with Crippen molar-refractivity contribution in [1.29, 1.82) is 0 Å². The molecule has 1 N–H and O–H groups in total. The van der Waals surface area contributed by atoms with Crippen LogP contribution in [-0.2, 0) is 11.2 Å². The van der Waals surface area contributed by atoms with Crippen molar-refractivity contribution in [2.75, 3.05) is 13.1 Å². The molecule has 0 spiro atoms. The summed E-state index contributed by atoms with van der Waals surface area (Å²) in [5, 5.41) is 4.19. The Balaban J connectivity index is 1.99. The number of nitrogens with one attached hydrogen (secondary N) is 1. The predicted octanol–water partition coefficient (Wildman–Crippen LogP) is 1.48. The molecule has 82 valence electrons. The predicted molar refractivity (Wildman–Crippen MR) is 61.3 cm³/mol. The average Bonchev–Trinajstić information content (AvgIpc) is 2.77. The van der Waals surface area contributed by atoms with Crippen molar-refractivity contribution in [3.05, 3.63) is 15.6 Å². The van der Waals surface area contributed by atoms with Crippen LogP contribution in [0.4, 0.5) is 0 Å². The molecule has 1 unspecified atom stereocenters. The van der Waals surface area contributed by atoms with Crippen LogP contribution in [0, 0.1) is 19.8 Å². The van der Waals surface area contributed by atoms with Gasteiger partial charge in [-0.3, -0.25) is 4.79 Å². The molecule has 15 heavy (non-hydrogen) atoms. The van der Waals surface area contributed by atoms with Gasteiger partial charge in [-0.15, -0.1) is 11.3 Å². The first-order valence-electron chi connectivity index (χ1n) is 5.33. The lowest BCUT2D eigenvalue weighted by Gasteiger charge is -2.04. The first kappa shape index (κ1) is 10.8. The third-order valence-corrected chi connectivity index (χ3v) is 3.99. The maximum atomic E-state index is 11.9. The molecule has 1 aromatic heterocycles. The lowest BCUT2D eigenvalue weighted by Crippen LogP contribution is -2.19. The Morgan fingerprint density at radius 1 is 1.60 bits per heavy atom. The minimum atomic E-state index is 0.217. The summed E-state index contributed by atoms with van der Waals surface area (Å²) in [5.41, 5.74) is 1.06. The van der Waals surface area contributed by atoms with Gasteiger partial charge in [-0.2, -0.15) is 0 Å². The van der Waals surface area contributed by atoms with E-state index in [1.165, 1.54) is 4.88 Å². The summed E-state index contributed by atoms with van der Waals surface area (Å²) in [6.07, 6.45) is 1.51. The molecular formula is C11H16N2OS. The maximum absolute atomic E-state index is 11.9. The third-order valence-electron chi connectivity index (χ3n) is 2.91.